The molecule has 2 saturated heterocycles. The molecule has 3 heterocycles. The highest BCUT2D eigenvalue weighted by atomic mass is 32.1. The van der Waals surface area contributed by atoms with Gasteiger partial charge in [-0.05, 0) is 24.4 Å². The summed E-state index contributed by atoms with van der Waals surface area (Å²) in [4.78, 5) is 29.8. The second-order valence-electron chi connectivity index (χ2n) is 6.20. The number of hydrogen-bond acceptors (Lipinski definition) is 5. The van der Waals surface area contributed by atoms with Crippen molar-refractivity contribution < 1.29 is 14.3 Å². The van der Waals surface area contributed by atoms with E-state index >= 15 is 0 Å². The van der Waals surface area contributed by atoms with E-state index in [2.05, 4.69) is 5.32 Å². The predicted octanol–water partition coefficient (Wildman–Crippen LogP) is 0.659. The van der Waals surface area contributed by atoms with Crippen LogP contribution in [-0.4, -0.2) is 74.6 Å². The summed E-state index contributed by atoms with van der Waals surface area (Å²) in [5.41, 5.74) is -0.436. The van der Waals surface area contributed by atoms with Gasteiger partial charge in [-0.1, -0.05) is 6.07 Å². The Balaban J connectivity index is 1.60. The summed E-state index contributed by atoms with van der Waals surface area (Å²) in [5.74, 6) is 0.230. The minimum Gasteiger partial charge on any atom is -0.384 e. The minimum atomic E-state index is -0.436. The Kier molecular flexibility index (Phi) is 4.99. The fraction of sp³-hybridized carbons (Fsp3) is 0.625. The number of amides is 2. The highest BCUT2D eigenvalue weighted by Crippen LogP contribution is 2.29. The topological polar surface area (TPSA) is 61.9 Å². The molecular formula is C16H23N3O3S. The summed E-state index contributed by atoms with van der Waals surface area (Å²) >= 11 is 1.46. The van der Waals surface area contributed by atoms with Gasteiger partial charge in [-0.15, -0.1) is 11.3 Å². The summed E-state index contributed by atoms with van der Waals surface area (Å²) in [7, 11) is 1.64. The van der Waals surface area contributed by atoms with Crippen LogP contribution in [0.3, 0.4) is 0 Å². The quantitative estimate of drug-likeness (QED) is 0.877. The van der Waals surface area contributed by atoms with Crippen molar-refractivity contribution in [3.05, 3.63) is 22.4 Å². The second kappa shape index (κ2) is 6.98. The number of methoxy groups -OCH3 is 1. The van der Waals surface area contributed by atoms with Crippen molar-refractivity contribution in [2.75, 3.05) is 53.0 Å². The third-order valence-electron chi connectivity index (χ3n) is 4.70. The summed E-state index contributed by atoms with van der Waals surface area (Å²) in [6.45, 7) is 4.37. The van der Waals surface area contributed by atoms with Gasteiger partial charge >= 0.3 is 0 Å². The molecular weight excluding hydrogens is 314 g/mol. The summed E-state index contributed by atoms with van der Waals surface area (Å²) in [5, 5.41) is 5.18. The molecule has 3 rings (SSSR count). The first-order valence-electron chi connectivity index (χ1n) is 7.98. The molecule has 1 N–H and O–H groups in total. The van der Waals surface area contributed by atoms with Crippen LogP contribution in [0.4, 0.5) is 0 Å². The zero-order valence-corrected chi connectivity index (χ0v) is 14.2. The maximum absolute atomic E-state index is 12.9. The zero-order valence-electron chi connectivity index (χ0n) is 13.4. The SMILES string of the molecule is COCC1(C(=O)N2CCN(C(=O)c3cccs3)CC2)CCNC1. The van der Waals surface area contributed by atoms with Crippen molar-refractivity contribution in [2.24, 2.45) is 5.41 Å². The van der Waals surface area contributed by atoms with Crippen molar-refractivity contribution in [2.45, 2.75) is 6.42 Å². The van der Waals surface area contributed by atoms with E-state index < -0.39 is 5.41 Å². The van der Waals surface area contributed by atoms with Gasteiger partial charge in [-0.25, -0.2) is 0 Å². The van der Waals surface area contributed by atoms with Crippen molar-refractivity contribution >= 4 is 23.2 Å². The van der Waals surface area contributed by atoms with E-state index in [1.165, 1.54) is 11.3 Å². The molecule has 2 aliphatic heterocycles. The molecule has 0 saturated carbocycles. The summed E-state index contributed by atoms with van der Waals surface area (Å²) < 4.78 is 5.30. The molecule has 0 aliphatic carbocycles. The number of thiophene rings is 1. The van der Waals surface area contributed by atoms with E-state index in [1.807, 2.05) is 27.3 Å². The lowest BCUT2D eigenvalue weighted by Gasteiger charge is -2.39. The van der Waals surface area contributed by atoms with Gasteiger partial charge in [-0.3, -0.25) is 9.59 Å². The van der Waals surface area contributed by atoms with Crippen LogP contribution in [0.15, 0.2) is 17.5 Å². The average molecular weight is 337 g/mol. The van der Waals surface area contributed by atoms with E-state index in [4.69, 9.17) is 4.74 Å². The molecule has 1 aromatic rings. The number of carbonyl (C=O) groups excluding carboxylic acids is 2. The normalized spacial score (nSPS) is 24.9. The lowest BCUT2D eigenvalue weighted by molar-refractivity contribution is -0.145. The highest BCUT2D eigenvalue weighted by Gasteiger charge is 2.44. The molecule has 0 radical (unpaired) electrons. The molecule has 7 heteroatoms. The lowest BCUT2D eigenvalue weighted by atomic mass is 9.86. The van der Waals surface area contributed by atoms with Crippen LogP contribution in [0.2, 0.25) is 0 Å². The van der Waals surface area contributed by atoms with Gasteiger partial charge < -0.3 is 19.9 Å². The monoisotopic (exact) mass is 337 g/mol. The summed E-state index contributed by atoms with van der Waals surface area (Å²) in [6, 6.07) is 3.74. The van der Waals surface area contributed by atoms with Gasteiger partial charge in [0.05, 0.1) is 16.9 Å². The van der Waals surface area contributed by atoms with E-state index in [-0.39, 0.29) is 11.8 Å². The summed E-state index contributed by atoms with van der Waals surface area (Å²) in [6.07, 6.45) is 0.814. The Morgan fingerprint density at radius 3 is 2.61 bits per heavy atom. The Bertz CT molecular complexity index is 547. The Morgan fingerprint density at radius 2 is 2.04 bits per heavy atom. The number of hydrogen-bond donors (Lipinski definition) is 1. The van der Waals surface area contributed by atoms with Gasteiger partial charge in [0.1, 0.15) is 0 Å². The highest BCUT2D eigenvalue weighted by molar-refractivity contribution is 7.12. The molecule has 2 amide bonds. The van der Waals surface area contributed by atoms with Crippen molar-refractivity contribution in [1.82, 2.24) is 15.1 Å². The van der Waals surface area contributed by atoms with Gasteiger partial charge in [0, 0.05) is 39.8 Å². The van der Waals surface area contributed by atoms with Gasteiger partial charge in [0.25, 0.3) is 5.91 Å². The molecule has 0 bridgehead atoms. The van der Waals surface area contributed by atoms with E-state index in [9.17, 15) is 9.59 Å². The molecule has 1 aromatic heterocycles. The first-order valence-corrected chi connectivity index (χ1v) is 8.86. The number of nitrogens with one attached hydrogen (secondary N) is 1. The predicted molar refractivity (Wildman–Crippen MR) is 88.6 cm³/mol. The fourth-order valence-corrected chi connectivity index (χ4v) is 4.08. The van der Waals surface area contributed by atoms with Crippen LogP contribution in [0, 0.1) is 5.41 Å². The Morgan fingerprint density at radius 1 is 1.30 bits per heavy atom. The lowest BCUT2D eigenvalue weighted by Crippen LogP contribution is -2.55. The third kappa shape index (κ3) is 3.27. The number of carbonyl (C=O) groups is 2. The van der Waals surface area contributed by atoms with Crippen LogP contribution >= 0.6 is 11.3 Å². The standard InChI is InChI=1S/C16H23N3O3S/c1-22-12-16(4-5-17-11-16)15(21)19-8-6-18(7-9-19)14(20)13-3-2-10-23-13/h2-3,10,17H,4-9,11-12H2,1H3. The van der Waals surface area contributed by atoms with E-state index in [0.29, 0.717) is 39.3 Å². The fourth-order valence-electron chi connectivity index (χ4n) is 3.39. The molecule has 126 valence electrons. The van der Waals surface area contributed by atoms with Crippen LogP contribution in [0.1, 0.15) is 16.1 Å². The number of nitrogens with zero attached hydrogens (tertiary/aromatic N) is 2. The van der Waals surface area contributed by atoms with Crippen LogP contribution < -0.4 is 5.32 Å². The molecule has 6 nitrogen and oxygen atoms in total. The van der Waals surface area contributed by atoms with Crippen LogP contribution in [-0.2, 0) is 9.53 Å². The molecule has 0 spiro atoms. The third-order valence-corrected chi connectivity index (χ3v) is 5.56. The van der Waals surface area contributed by atoms with Crippen molar-refractivity contribution in [3.8, 4) is 0 Å². The van der Waals surface area contributed by atoms with Gasteiger partial charge in [0.2, 0.25) is 5.91 Å². The minimum absolute atomic E-state index is 0.0706. The van der Waals surface area contributed by atoms with Gasteiger partial charge in [0.15, 0.2) is 0 Å². The van der Waals surface area contributed by atoms with Crippen LogP contribution in [0.5, 0.6) is 0 Å². The first kappa shape index (κ1) is 16.4. The molecule has 2 aliphatic rings. The maximum atomic E-state index is 12.9. The Hall–Kier alpha value is -1.44. The number of piperazine rings is 1. The van der Waals surface area contributed by atoms with E-state index in [0.717, 1.165) is 17.8 Å². The van der Waals surface area contributed by atoms with Crippen LogP contribution in [0.25, 0.3) is 0 Å². The first-order chi connectivity index (χ1) is 11.2. The molecule has 1 unspecified atom stereocenters. The maximum Gasteiger partial charge on any atom is 0.264 e. The van der Waals surface area contributed by atoms with Crippen molar-refractivity contribution in [1.29, 1.82) is 0 Å². The second-order valence-corrected chi connectivity index (χ2v) is 7.15. The zero-order chi connectivity index (χ0) is 16.3. The van der Waals surface area contributed by atoms with Gasteiger partial charge in [-0.2, -0.15) is 0 Å². The largest absolute Gasteiger partial charge is 0.384 e. The molecule has 1 atom stereocenters. The van der Waals surface area contributed by atoms with E-state index in [1.54, 1.807) is 7.11 Å². The molecule has 2 fully saturated rings. The molecule has 0 aromatic carbocycles. The molecule has 23 heavy (non-hydrogen) atoms. The Labute approximate surface area is 140 Å². The number of rotatable bonds is 4. The number of ether oxygens (including phenoxy) is 1. The average Bonchev–Trinajstić information content (AvgIpc) is 3.26. The smallest absolute Gasteiger partial charge is 0.264 e. The van der Waals surface area contributed by atoms with Crippen molar-refractivity contribution in [3.63, 3.8) is 0 Å².